The summed E-state index contributed by atoms with van der Waals surface area (Å²) in [6, 6.07) is 18.4. The van der Waals surface area contributed by atoms with Crippen molar-refractivity contribution in [2.75, 3.05) is 0 Å². The Balaban J connectivity index is 1.69. The highest BCUT2D eigenvalue weighted by Gasteiger charge is 2.42. The molecule has 0 saturated heterocycles. The number of aromatic nitrogens is 1. The lowest BCUT2D eigenvalue weighted by Gasteiger charge is -2.40. The number of para-hydroxylation sites is 1. The summed E-state index contributed by atoms with van der Waals surface area (Å²) in [4.78, 5) is 27.7. The van der Waals surface area contributed by atoms with E-state index in [1.807, 2.05) is 41.0 Å². The van der Waals surface area contributed by atoms with Crippen molar-refractivity contribution in [2.45, 2.75) is 72.0 Å². The van der Waals surface area contributed by atoms with E-state index in [2.05, 4.69) is 43.9 Å². The van der Waals surface area contributed by atoms with Gasteiger partial charge in [-0.25, -0.2) is 0 Å². The lowest BCUT2D eigenvalue weighted by molar-refractivity contribution is -0.145. The Labute approximate surface area is 196 Å². The molecule has 0 spiro atoms. The van der Waals surface area contributed by atoms with E-state index in [9.17, 15) is 14.7 Å². The van der Waals surface area contributed by atoms with E-state index in [-0.39, 0.29) is 18.5 Å². The Morgan fingerprint density at radius 1 is 1.12 bits per heavy atom. The highest BCUT2D eigenvalue weighted by molar-refractivity contribution is 5.90. The van der Waals surface area contributed by atoms with E-state index >= 15 is 0 Å². The molecule has 1 aliphatic carbocycles. The first-order chi connectivity index (χ1) is 15.8. The molecule has 0 radical (unpaired) electrons. The van der Waals surface area contributed by atoms with Gasteiger partial charge in [0, 0.05) is 29.2 Å². The van der Waals surface area contributed by atoms with E-state index in [0.717, 1.165) is 47.0 Å². The highest BCUT2D eigenvalue weighted by Crippen LogP contribution is 2.42. The minimum Gasteiger partial charge on any atom is -0.480 e. The van der Waals surface area contributed by atoms with E-state index in [0.29, 0.717) is 19.4 Å². The Bertz CT molecular complexity index is 1150. The summed E-state index contributed by atoms with van der Waals surface area (Å²) in [5.41, 5.74) is 3.79. The third-order valence-corrected chi connectivity index (χ3v) is 7.18. The van der Waals surface area contributed by atoms with Gasteiger partial charge in [-0.15, -0.1) is 0 Å². The number of hydrogen-bond acceptors (Lipinski definition) is 2. The average molecular weight is 447 g/mol. The molecule has 33 heavy (non-hydrogen) atoms. The highest BCUT2D eigenvalue weighted by atomic mass is 16.4. The van der Waals surface area contributed by atoms with Gasteiger partial charge in [-0.1, -0.05) is 68.8 Å². The molecule has 0 bridgehead atoms. The van der Waals surface area contributed by atoms with E-state index in [4.69, 9.17) is 0 Å². The smallest absolute Gasteiger partial charge is 0.323 e. The molecule has 2 unspecified atom stereocenters. The van der Waals surface area contributed by atoms with Crippen LogP contribution in [0.15, 0.2) is 54.6 Å². The molecule has 4 rings (SSSR count). The van der Waals surface area contributed by atoms with Crippen molar-refractivity contribution in [3.8, 4) is 0 Å². The van der Waals surface area contributed by atoms with Crippen LogP contribution in [0.25, 0.3) is 10.9 Å². The number of aliphatic carboxylic acids is 1. The number of carboxylic acid groups (broad SMARTS) is 1. The molecule has 5 heteroatoms. The second-order valence-corrected chi connectivity index (χ2v) is 9.72. The summed E-state index contributed by atoms with van der Waals surface area (Å²) < 4.78 is 1.93. The van der Waals surface area contributed by atoms with Crippen molar-refractivity contribution in [1.82, 2.24) is 9.47 Å². The molecule has 2 atom stereocenters. The molecular formula is C28H34N2O3. The van der Waals surface area contributed by atoms with Gasteiger partial charge < -0.3 is 14.6 Å². The van der Waals surface area contributed by atoms with Crippen molar-refractivity contribution in [1.29, 1.82) is 0 Å². The van der Waals surface area contributed by atoms with Crippen LogP contribution < -0.4 is 0 Å². The summed E-state index contributed by atoms with van der Waals surface area (Å²) in [5, 5.41) is 10.6. The topological polar surface area (TPSA) is 62.5 Å². The van der Waals surface area contributed by atoms with Crippen LogP contribution in [0.5, 0.6) is 0 Å². The Kier molecular flexibility index (Phi) is 6.59. The first-order valence-corrected chi connectivity index (χ1v) is 12.0. The Morgan fingerprint density at radius 3 is 2.52 bits per heavy atom. The number of hydrogen-bond donors (Lipinski definition) is 1. The molecule has 174 valence electrons. The summed E-state index contributed by atoms with van der Waals surface area (Å²) in [5.74, 6) is -0.640. The largest absolute Gasteiger partial charge is 0.480 e. The van der Waals surface area contributed by atoms with Crippen LogP contribution in [-0.4, -0.2) is 32.5 Å². The van der Waals surface area contributed by atoms with Gasteiger partial charge in [0.05, 0.1) is 5.41 Å². The zero-order chi connectivity index (χ0) is 23.6. The van der Waals surface area contributed by atoms with Crippen molar-refractivity contribution in [3.05, 3.63) is 71.4 Å². The van der Waals surface area contributed by atoms with Gasteiger partial charge in [0.15, 0.2) is 0 Å². The molecule has 1 aliphatic rings. The molecule has 5 nitrogen and oxygen atoms in total. The predicted octanol–water partition coefficient (Wildman–Crippen LogP) is 5.44. The number of nitrogens with zero attached hydrogens (tertiary/aromatic N) is 2. The first kappa shape index (κ1) is 23.1. The Hall–Kier alpha value is -3.08. The van der Waals surface area contributed by atoms with Crippen LogP contribution in [0.1, 0.15) is 56.9 Å². The predicted molar refractivity (Wildman–Crippen MR) is 131 cm³/mol. The molecule has 3 aromatic rings. The lowest BCUT2D eigenvalue weighted by Crippen LogP contribution is -2.48. The summed E-state index contributed by atoms with van der Waals surface area (Å²) in [6.07, 6.45) is 4.07. The molecule has 0 aliphatic heterocycles. The number of carbonyl (C=O) groups excluding carboxylic acids is 1. The third-order valence-electron chi connectivity index (χ3n) is 7.18. The second kappa shape index (κ2) is 9.42. The molecule has 1 N–H and O–H groups in total. The molecule has 0 fully saturated rings. The molecule has 0 saturated carbocycles. The maximum Gasteiger partial charge on any atom is 0.323 e. The minimum absolute atomic E-state index is 0.0474. The van der Waals surface area contributed by atoms with E-state index in [1.165, 1.54) is 0 Å². The molecule has 2 aromatic carbocycles. The third kappa shape index (κ3) is 4.54. The number of amides is 1. The van der Waals surface area contributed by atoms with Gasteiger partial charge in [-0.2, -0.15) is 0 Å². The molecule has 1 aromatic heterocycles. The first-order valence-electron chi connectivity index (χ1n) is 12.0. The van der Waals surface area contributed by atoms with Crippen LogP contribution in [0.4, 0.5) is 0 Å². The van der Waals surface area contributed by atoms with Gasteiger partial charge in [-0.05, 0) is 49.8 Å². The quantitative estimate of drug-likeness (QED) is 0.501. The van der Waals surface area contributed by atoms with Crippen LogP contribution in [0, 0.1) is 5.41 Å². The fraction of sp³-hybridized carbons (Fsp3) is 0.429. The van der Waals surface area contributed by atoms with Crippen LogP contribution >= 0.6 is 0 Å². The van der Waals surface area contributed by atoms with Crippen molar-refractivity contribution in [2.24, 2.45) is 5.41 Å². The molecule has 1 heterocycles. The maximum absolute atomic E-state index is 14.1. The lowest BCUT2D eigenvalue weighted by atomic mass is 9.73. The number of fused-ring (bicyclic) bond motifs is 3. The van der Waals surface area contributed by atoms with Crippen molar-refractivity contribution >= 4 is 22.8 Å². The number of rotatable bonds is 8. The Morgan fingerprint density at radius 2 is 1.82 bits per heavy atom. The zero-order valence-corrected chi connectivity index (χ0v) is 19.9. The fourth-order valence-electron chi connectivity index (χ4n) is 5.41. The summed E-state index contributed by atoms with van der Waals surface area (Å²) >= 11 is 0. The summed E-state index contributed by atoms with van der Waals surface area (Å²) in [6.45, 7) is 6.98. The van der Waals surface area contributed by atoms with Crippen molar-refractivity contribution < 1.29 is 14.7 Å². The standard InChI is InChI=1S/C28H34N2O3/c1-4-10-20(2)29(18-21-11-6-5-7-12-21)27(33)28(3)16-15-25-23(17-28)22-13-8-9-14-24(22)30(25)19-26(31)32/h5-9,11-14,20H,4,10,15-19H2,1-3H3,(H,31,32). The van der Waals surface area contributed by atoms with Gasteiger partial charge in [-0.3, -0.25) is 9.59 Å². The SMILES string of the molecule is CCCC(C)N(Cc1ccccc1)C(=O)C1(C)CCc2c(c3ccccc3n2CC(=O)O)C1. The van der Waals surface area contributed by atoms with E-state index in [1.54, 1.807) is 0 Å². The summed E-state index contributed by atoms with van der Waals surface area (Å²) in [7, 11) is 0. The average Bonchev–Trinajstić information content (AvgIpc) is 3.10. The van der Waals surface area contributed by atoms with Gasteiger partial charge in [0.1, 0.15) is 6.54 Å². The van der Waals surface area contributed by atoms with Gasteiger partial charge >= 0.3 is 5.97 Å². The van der Waals surface area contributed by atoms with E-state index < -0.39 is 11.4 Å². The van der Waals surface area contributed by atoms with Gasteiger partial charge in [0.2, 0.25) is 5.91 Å². The number of benzene rings is 2. The molecule has 1 amide bonds. The number of carboxylic acids is 1. The van der Waals surface area contributed by atoms with Crippen LogP contribution in [0.3, 0.4) is 0 Å². The normalized spacial score (nSPS) is 18.6. The number of carbonyl (C=O) groups is 2. The van der Waals surface area contributed by atoms with Gasteiger partial charge in [0.25, 0.3) is 0 Å². The van der Waals surface area contributed by atoms with Crippen molar-refractivity contribution in [3.63, 3.8) is 0 Å². The fourth-order valence-corrected chi connectivity index (χ4v) is 5.41. The second-order valence-electron chi connectivity index (χ2n) is 9.72. The van der Waals surface area contributed by atoms with Crippen LogP contribution in [0.2, 0.25) is 0 Å². The monoisotopic (exact) mass is 446 g/mol. The maximum atomic E-state index is 14.1. The van der Waals surface area contributed by atoms with Crippen LogP contribution in [-0.2, 0) is 35.5 Å². The zero-order valence-electron chi connectivity index (χ0n) is 19.9. The minimum atomic E-state index is -0.842. The molecular weight excluding hydrogens is 412 g/mol.